The van der Waals surface area contributed by atoms with Gasteiger partial charge in [0.25, 0.3) is 0 Å². The molecule has 1 rings (SSSR count). The molecule has 1 unspecified atom stereocenters. The summed E-state index contributed by atoms with van der Waals surface area (Å²) in [4.78, 5) is 15.7. The second-order valence-corrected chi connectivity index (χ2v) is 4.34. The summed E-state index contributed by atoms with van der Waals surface area (Å²) in [5, 5.41) is 0. The van der Waals surface area contributed by atoms with E-state index in [1.54, 1.807) is 18.3 Å². The monoisotopic (exact) mass is 275 g/mol. The quantitative estimate of drug-likeness (QED) is 0.773. The molecule has 3 nitrogen and oxygen atoms in total. The zero-order valence-corrected chi connectivity index (χ0v) is 10.8. The molecule has 0 aromatic carbocycles. The van der Waals surface area contributed by atoms with Crippen molar-refractivity contribution in [3.8, 4) is 0 Å². The summed E-state index contributed by atoms with van der Waals surface area (Å²) in [7, 11) is 1.22. The molecule has 0 amide bonds. The Bertz CT molecular complexity index is 415. The maximum Gasteiger partial charge on any atom is 0.389 e. The summed E-state index contributed by atoms with van der Waals surface area (Å²) in [6, 6.07) is 3.41. The molecule has 1 atom stereocenters. The van der Waals surface area contributed by atoms with Gasteiger partial charge in [0.2, 0.25) is 0 Å². The van der Waals surface area contributed by atoms with Gasteiger partial charge < -0.3 is 4.74 Å². The van der Waals surface area contributed by atoms with Gasteiger partial charge in [-0.05, 0) is 31.4 Å². The number of hydrogen-bond donors (Lipinski definition) is 0. The van der Waals surface area contributed by atoms with E-state index in [4.69, 9.17) is 0 Å². The first-order chi connectivity index (χ1) is 8.83. The molecule has 0 aliphatic carbocycles. The number of rotatable bonds is 5. The van der Waals surface area contributed by atoms with Gasteiger partial charge in [0.05, 0.1) is 18.7 Å². The minimum Gasteiger partial charge on any atom is -0.469 e. The van der Waals surface area contributed by atoms with Gasteiger partial charge in [0, 0.05) is 12.6 Å². The lowest BCUT2D eigenvalue weighted by molar-refractivity contribution is -0.145. The van der Waals surface area contributed by atoms with Gasteiger partial charge in [0.1, 0.15) is 0 Å². The SMILES string of the molecule is COC(=O)C(CCCC(F)(F)F)c1ccc(C)cn1. The van der Waals surface area contributed by atoms with E-state index in [1.807, 2.05) is 6.92 Å². The number of ether oxygens (including phenoxy) is 1. The van der Waals surface area contributed by atoms with E-state index in [2.05, 4.69) is 9.72 Å². The fourth-order valence-corrected chi connectivity index (χ4v) is 1.72. The van der Waals surface area contributed by atoms with Gasteiger partial charge in [-0.3, -0.25) is 9.78 Å². The number of nitrogens with zero attached hydrogens (tertiary/aromatic N) is 1. The number of aryl methyl sites for hydroxylation is 1. The summed E-state index contributed by atoms with van der Waals surface area (Å²) in [6.07, 6.45) is -3.59. The zero-order chi connectivity index (χ0) is 14.5. The van der Waals surface area contributed by atoms with Crippen molar-refractivity contribution in [2.24, 2.45) is 0 Å². The molecule has 0 N–H and O–H groups in total. The summed E-state index contributed by atoms with van der Waals surface area (Å²) in [5.74, 6) is -1.30. The first-order valence-corrected chi connectivity index (χ1v) is 5.90. The van der Waals surface area contributed by atoms with Crippen molar-refractivity contribution >= 4 is 5.97 Å². The number of methoxy groups -OCH3 is 1. The van der Waals surface area contributed by atoms with Crippen molar-refractivity contribution in [3.63, 3.8) is 0 Å². The van der Waals surface area contributed by atoms with Crippen LogP contribution in [0.15, 0.2) is 18.3 Å². The van der Waals surface area contributed by atoms with Crippen molar-refractivity contribution in [1.82, 2.24) is 4.98 Å². The Morgan fingerprint density at radius 2 is 2.11 bits per heavy atom. The third kappa shape index (κ3) is 5.28. The first-order valence-electron chi connectivity index (χ1n) is 5.90. The number of carbonyl (C=O) groups excluding carboxylic acids is 1. The first kappa shape index (κ1) is 15.5. The molecular weight excluding hydrogens is 259 g/mol. The van der Waals surface area contributed by atoms with Gasteiger partial charge in [-0.2, -0.15) is 13.2 Å². The number of alkyl halides is 3. The molecule has 0 spiro atoms. The number of carbonyl (C=O) groups is 1. The highest BCUT2D eigenvalue weighted by Gasteiger charge is 2.29. The molecule has 1 aromatic heterocycles. The highest BCUT2D eigenvalue weighted by Crippen LogP contribution is 2.27. The third-order valence-corrected chi connectivity index (χ3v) is 2.73. The molecule has 19 heavy (non-hydrogen) atoms. The molecule has 1 aromatic rings. The topological polar surface area (TPSA) is 39.2 Å². The standard InChI is InChI=1S/C13H16F3NO2/c1-9-5-6-11(17-8-9)10(12(18)19-2)4-3-7-13(14,15)16/h5-6,8,10H,3-4,7H2,1-2H3. The molecule has 0 saturated carbocycles. The van der Waals surface area contributed by atoms with Gasteiger partial charge in [-0.25, -0.2) is 0 Å². The molecule has 0 aliphatic rings. The maximum absolute atomic E-state index is 12.1. The molecule has 0 aliphatic heterocycles. The predicted octanol–water partition coefficient (Wildman–Crippen LogP) is 3.38. The Hall–Kier alpha value is -1.59. The van der Waals surface area contributed by atoms with Crippen LogP contribution >= 0.6 is 0 Å². The van der Waals surface area contributed by atoms with Crippen LogP contribution in [0.4, 0.5) is 13.2 Å². The minimum atomic E-state index is -4.21. The molecule has 0 bridgehead atoms. The fourth-order valence-electron chi connectivity index (χ4n) is 1.72. The van der Waals surface area contributed by atoms with Crippen molar-refractivity contribution < 1.29 is 22.7 Å². The van der Waals surface area contributed by atoms with Crippen molar-refractivity contribution in [2.45, 2.75) is 38.3 Å². The van der Waals surface area contributed by atoms with Gasteiger partial charge in [-0.15, -0.1) is 0 Å². The lowest BCUT2D eigenvalue weighted by Crippen LogP contribution is -2.17. The van der Waals surface area contributed by atoms with Gasteiger partial charge >= 0.3 is 12.1 Å². The third-order valence-electron chi connectivity index (χ3n) is 2.73. The van der Waals surface area contributed by atoms with E-state index in [1.165, 1.54) is 7.11 Å². The Labute approximate surface area is 109 Å². The molecule has 106 valence electrons. The van der Waals surface area contributed by atoms with Gasteiger partial charge in [0.15, 0.2) is 0 Å². The number of pyridine rings is 1. The van der Waals surface area contributed by atoms with Crippen LogP contribution in [0.2, 0.25) is 0 Å². The van der Waals surface area contributed by atoms with Crippen molar-refractivity contribution in [3.05, 3.63) is 29.6 Å². The second-order valence-electron chi connectivity index (χ2n) is 4.34. The lowest BCUT2D eigenvalue weighted by atomic mass is 9.97. The average molecular weight is 275 g/mol. The van der Waals surface area contributed by atoms with E-state index < -0.39 is 24.5 Å². The predicted molar refractivity (Wildman–Crippen MR) is 63.6 cm³/mol. The molecule has 0 fully saturated rings. The van der Waals surface area contributed by atoms with Crippen LogP contribution in [0.1, 0.15) is 36.4 Å². The van der Waals surface area contributed by atoms with Crippen LogP contribution < -0.4 is 0 Å². The van der Waals surface area contributed by atoms with E-state index in [0.717, 1.165) is 5.56 Å². The average Bonchev–Trinajstić information content (AvgIpc) is 2.34. The Balaban J connectivity index is 2.73. The van der Waals surface area contributed by atoms with Crippen LogP contribution in [0.25, 0.3) is 0 Å². The normalized spacial score (nSPS) is 13.1. The van der Waals surface area contributed by atoms with Crippen LogP contribution in [0.5, 0.6) is 0 Å². The van der Waals surface area contributed by atoms with E-state index in [-0.39, 0.29) is 12.8 Å². The van der Waals surface area contributed by atoms with Crippen LogP contribution in [0, 0.1) is 6.92 Å². The highest BCUT2D eigenvalue weighted by molar-refractivity contribution is 5.77. The number of esters is 1. The molecule has 1 heterocycles. The summed E-state index contributed by atoms with van der Waals surface area (Å²) in [6.45, 7) is 1.84. The number of halogens is 3. The lowest BCUT2D eigenvalue weighted by Gasteiger charge is -2.14. The Kier molecular flexibility index (Phi) is 5.32. The minimum absolute atomic E-state index is 0.0717. The van der Waals surface area contributed by atoms with Crippen molar-refractivity contribution in [1.29, 1.82) is 0 Å². The van der Waals surface area contributed by atoms with E-state index >= 15 is 0 Å². The molecule has 6 heteroatoms. The van der Waals surface area contributed by atoms with Crippen LogP contribution in [0.3, 0.4) is 0 Å². The molecule has 0 saturated heterocycles. The zero-order valence-electron chi connectivity index (χ0n) is 10.8. The molecular formula is C13H16F3NO2. The fraction of sp³-hybridized carbons (Fsp3) is 0.538. The van der Waals surface area contributed by atoms with E-state index in [9.17, 15) is 18.0 Å². The smallest absolute Gasteiger partial charge is 0.389 e. The molecule has 0 radical (unpaired) electrons. The second kappa shape index (κ2) is 6.54. The number of aromatic nitrogens is 1. The van der Waals surface area contributed by atoms with E-state index in [0.29, 0.717) is 5.69 Å². The summed E-state index contributed by atoms with van der Waals surface area (Å²) in [5.41, 5.74) is 1.36. The van der Waals surface area contributed by atoms with Crippen LogP contribution in [-0.4, -0.2) is 24.2 Å². The highest BCUT2D eigenvalue weighted by atomic mass is 19.4. The number of hydrogen-bond acceptors (Lipinski definition) is 3. The Morgan fingerprint density at radius 1 is 1.42 bits per heavy atom. The summed E-state index contributed by atoms with van der Waals surface area (Å²) >= 11 is 0. The maximum atomic E-state index is 12.1. The van der Waals surface area contributed by atoms with Crippen molar-refractivity contribution in [2.75, 3.05) is 7.11 Å². The van der Waals surface area contributed by atoms with Crippen LogP contribution in [-0.2, 0) is 9.53 Å². The Morgan fingerprint density at radius 3 is 2.58 bits per heavy atom. The largest absolute Gasteiger partial charge is 0.469 e. The van der Waals surface area contributed by atoms with Gasteiger partial charge in [-0.1, -0.05) is 6.07 Å². The summed E-state index contributed by atoms with van der Waals surface area (Å²) < 4.78 is 41.0.